The summed E-state index contributed by atoms with van der Waals surface area (Å²) in [6.07, 6.45) is 6.63. The highest BCUT2D eigenvalue weighted by Crippen LogP contribution is 2.34. The van der Waals surface area contributed by atoms with Crippen molar-refractivity contribution in [2.45, 2.75) is 24.7 Å². The van der Waals surface area contributed by atoms with E-state index in [-0.39, 0.29) is 29.7 Å². The fourth-order valence-corrected chi connectivity index (χ4v) is 6.21. The fraction of sp³-hybridized carbons (Fsp3) is 0.357. The van der Waals surface area contributed by atoms with Crippen molar-refractivity contribution in [3.8, 4) is 11.1 Å². The minimum absolute atomic E-state index is 0.0119. The van der Waals surface area contributed by atoms with Gasteiger partial charge in [0.15, 0.2) is 0 Å². The summed E-state index contributed by atoms with van der Waals surface area (Å²) < 4.78 is 27.4. The summed E-state index contributed by atoms with van der Waals surface area (Å²) in [5, 5.41) is 9.24. The number of amides is 1. The van der Waals surface area contributed by atoms with Crippen LogP contribution in [-0.4, -0.2) is 73.8 Å². The minimum atomic E-state index is -3.63. The van der Waals surface area contributed by atoms with Gasteiger partial charge < -0.3 is 21.5 Å². The summed E-state index contributed by atoms with van der Waals surface area (Å²) in [4.78, 5) is 19.9. The highest BCUT2D eigenvalue weighted by molar-refractivity contribution is 7.89. The van der Waals surface area contributed by atoms with Gasteiger partial charge in [-0.1, -0.05) is 43.3 Å². The van der Waals surface area contributed by atoms with Crippen LogP contribution in [0.1, 0.15) is 25.3 Å². The molecule has 5 N–H and O–H groups in total. The van der Waals surface area contributed by atoms with E-state index >= 15 is 0 Å². The first-order valence-corrected chi connectivity index (χ1v) is 14.2. The average Bonchev–Trinajstić information content (AvgIpc) is 3.04. The quantitative estimate of drug-likeness (QED) is 0.398. The third-order valence-electron chi connectivity index (χ3n) is 6.67. The summed E-state index contributed by atoms with van der Waals surface area (Å²) in [7, 11) is -3.63. The molecule has 2 aromatic rings. The molecule has 9 nitrogen and oxygen atoms in total. The van der Waals surface area contributed by atoms with Crippen LogP contribution < -0.4 is 11.5 Å². The number of amidine groups is 1. The summed E-state index contributed by atoms with van der Waals surface area (Å²) in [6, 6.07) is 12.4. The molecule has 10 heteroatoms. The Bertz CT molecular complexity index is 1380. The number of benzene rings is 2. The minimum Gasteiger partial charge on any atom is -0.396 e. The number of nitrogens with zero attached hydrogens (tertiary/aromatic N) is 3. The average molecular weight is 538 g/mol. The summed E-state index contributed by atoms with van der Waals surface area (Å²) >= 11 is 0. The molecule has 0 aromatic heterocycles. The third-order valence-corrected chi connectivity index (χ3v) is 8.49. The van der Waals surface area contributed by atoms with Gasteiger partial charge in [0.2, 0.25) is 10.0 Å². The van der Waals surface area contributed by atoms with Crippen LogP contribution in [0.5, 0.6) is 0 Å². The van der Waals surface area contributed by atoms with Crippen LogP contribution in [-0.2, 0) is 14.8 Å². The molecule has 2 aliphatic rings. The van der Waals surface area contributed by atoms with Gasteiger partial charge in [0, 0.05) is 62.8 Å². The molecule has 2 aromatic carbocycles. The Morgan fingerprint density at radius 1 is 1.18 bits per heavy atom. The first-order chi connectivity index (χ1) is 18.3. The van der Waals surface area contributed by atoms with Crippen molar-refractivity contribution in [3.63, 3.8) is 0 Å². The molecule has 0 aliphatic carbocycles. The molecule has 0 unspecified atom stereocenters. The molecule has 202 valence electrons. The number of aliphatic imine (C=N–C) groups is 1. The van der Waals surface area contributed by atoms with Crippen LogP contribution in [0, 0.1) is 5.92 Å². The number of sulfonamides is 1. The Hall–Kier alpha value is -3.31. The lowest BCUT2D eigenvalue weighted by molar-refractivity contribution is -0.126. The Balaban J connectivity index is 1.62. The molecule has 38 heavy (non-hydrogen) atoms. The Kier molecular flexibility index (Phi) is 8.78. The molecule has 0 radical (unpaired) electrons. The van der Waals surface area contributed by atoms with Gasteiger partial charge in [0.25, 0.3) is 5.91 Å². The molecule has 0 saturated carbocycles. The molecule has 0 atom stereocenters. The van der Waals surface area contributed by atoms with Crippen LogP contribution in [0.15, 0.2) is 70.1 Å². The Morgan fingerprint density at radius 3 is 2.66 bits per heavy atom. The highest BCUT2D eigenvalue weighted by Gasteiger charge is 2.36. The second-order valence-corrected chi connectivity index (χ2v) is 11.5. The van der Waals surface area contributed by atoms with Crippen molar-refractivity contribution in [2.24, 2.45) is 22.4 Å². The van der Waals surface area contributed by atoms with Gasteiger partial charge in [0.05, 0.1) is 10.6 Å². The lowest BCUT2D eigenvalue weighted by Gasteiger charge is -2.36. The lowest BCUT2D eigenvalue weighted by atomic mass is 10.0. The maximum absolute atomic E-state index is 13.3. The van der Waals surface area contributed by atoms with Crippen LogP contribution in [0.3, 0.4) is 0 Å². The van der Waals surface area contributed by atoms with Gasteiger partial charge in [-0.2, -0.15) is 4.31 Å². The second kappa shape index (κ2) is 12.0. The predicted octanol–water partition coefficient (Wildman–Crippen LogP) is 2.50. The van der Waals surface area contributed by atoms with Gasteiger partial charge in [-0.05, 0) is 41.8 Å². The van der Waals surface area contributed by atoms with Crippen LogP contribution in [0.25, 0.3) is 17.2 Å². The molecule has 1 amide bonds. The van der Waals surface area contributed by atoms with Crippen molar-refractivity contribution < 1.29 is 18.3 Å². The number of aliphatic hydroxyl groups excluding tert-OH is 1. The summed E-state index contributed by atoms with van der Waals surface area (Å²) in [6.45, 7) is 4.16. The molecule has 2 aliphatic heterocycles. The van der Waals surface area contributed by atoms with E-state index in [1.807, 2.05) is 49.4 Å². The summed E-state index contributed by atoms with van der Waals surface area (Å²) in [5.41, 5.74) is 15.2. The maximum atomic E-state index is 13.3. The van der Waals surface area contributed by atoms with E-state index < -0.39 is 10.0 Å². The standard InChI is InChI=1S/C28H35N5O4S/c1-2-11-32(12-4-3-10-29)28(35)24-13-23-9-8-22(15-26(23)31-27(30)16-24)21-6-5-7-25(14-21)38(36,37)33-17-20(18-33)19-34/h3-9,13-15,20,34H,2,10-12,16-19,29H2,1H3,(H2,30,31)/b4-3+. The van der Waals surface area contributed by atoms with E-state index in [0.29, 0.717) is 49.8 Å². The van der Waals surface area contributed by atoms with E-state index in [1.54, 1.807) is 23.1 Å². The number of rotatable bonds is 10. The molecular formula is C28H35N5O4S. The van der Waals surface area contributed by atoms with Crippen LogP contribution in [0.2, 0.25) is 0 Å². The zero-order chi connectivity index (χ0) is 27.3. The Morgan fingerprint density at radius 2 is 1.95 bits per heavy atom. The number of carbonyl (C=O) groups excluding carboxylic acids is 1. The first kappa shape index (κ1) is 27.7. The third kappa shape index (κ3) is 6.05. The maximum Gasteiger partial charge on any atom is 0.250 e. The first-order valence-electron chi connectivity index (χ1n) is 12.8. The zero-order valence-electron chi connectivity index (χ0n) is 21.6. The largest absolute Gasteiger partial charge is 0.396 e. The number of fused-ring (bicyclic) bond motifs is 1. The van der Waals surface area contributed by atoms with Gasteiger partial charge in [-0.25, -0.2) is 13.4 Å². The number of hydrogen-bond donors (Lipinski definition) is 3. The highest BCUT2D eigenvalue weighted by atomic mass is 32.2. The van der Waals surface area contributed by atoms with Crippen LogP contribution >= 0.6 is 0 Å². The number of carbonyl (C=O) groups is 1. The van der Waals surface area contributed by atoms with Gasteiger partial charge in [0.1, 0.15) is 5.84 Å². The number of aliphatic hydroxyl groups is 1. The van der Waals surface area contributed by atoms with Crippen molar-refractivity contribution in [1.82, 2.24) is 9.21 Å². The van der Waals surface area contributed by atoms with E-state index in [0.717, 1.165) is 23.1 Å². The van der Waals surface area contributed by atoms with Crippen molar-refractivity contribution in [1.29, 1.82) is 0 Å². The number of nitrogens with two attached hydrogens (primary N) is 2. The van der Waals surface area contributed by atoms with Gasteiger partial charge in [-0.15, -0.1) is 0 Å². The lowest BCUT2D eigenvalue weighted by Crippen LogP contribution is -2.51. The Labute approximate surface area is 224 Å². The monoisotopic (exact) mass is 537 g/mol. The van der Waals surface area contributed by atoms with Crippen molar-refractivity contribution >= 4 is 33.5 Å². The van der Waals surface area contributed by atoms with E-state index in [2.05, 4.69) is 4.99 Å². The molecule has 1 saturated heterocycles. The molecule has 0 bridgehead atoms. The molecule has 4 rings (SSSR count). The fourth-order valence-electron chi connectivity index (χ4n) is 4.57. The topological polar surface area (TPSA) is 142 Å². The second-order valence-electron chi connectivity index (χ2n) is 9.58. The SMILES string of the molecule is CCCN(C/C=C/CN)C(=O)C1=Cc2ccc(-c3cccc(S(=O)(=O)N4CC(CO)C4)c3)cc2N=C(N)C1. The summed E-state index contributed by atoms with van der Waals surface area (Å²) in [5.74, 6) is 0.236. The van der Waals surface area contributed by atoms with Crippen molar-refractivity contribution in [3.05, 3.63) is 65.8 Å². The normalized spacial score (nSPS) is 16.4. The van der Waals surface area contributed by atoms with E-state index in [4.69, 9.17) is 11.5 Å². The molecular weight excluding hydrogens is 502 g/mol. The zero-order valence-corrected chi connectivity index (χ0v) is 22.4. The van der Waals surface area contributed by atoms with Gasteiger partial charge >= 0.3 is 0 Å². The smallest absolute Gasteiger partial charge is 0.250 e. The van der Waals surface area contributed by atoms with Gasteiger partial charge in [-0.3, -0.25) is 4.79 Å². The van der Waals surface area contributed by atoms with E-state index in [1.165, 1.54) is 4.31 Å². The van der Waals surface area contributed by atoms with Crippen molar-refractivity contribution in [2.75, 3.05) is 39.3 Å². The number of hydrogen-bond acceptors (Lipinski definition) is 7. The van der Waals surface area contributed by atoms with Crippen LogP contribution in [0.4, 0.5) is 5.69 Å². The molecule has 0 spiro atoms. The molecule has 2 heterocycles. The predicted molar refractivity (Wildman–Crippen MR) is 150 cm³/mol. The van der Waals surface area contributed by atoms with E-state index in [9.17, 15) is 18.3 Å². The molecule has 1 fully saturated rings.